The molecule has 2 nitrogen and oxygen atoms in total. The van der Waals surface area contributed by atoms with E-state index in [-0.39, 0.29) is 5.91 Å². The minimum absolute atomic E-state index is 0.212. The molecule has 0 aliphatic heterocycles. The Hall–Kier alpha value is -1.66. The highest BCUT2D eigenvalue weighted by Crippen LogP contribution is 2.42. The molecular weight excluding hydrogens is 469 g/mol. The van der Waals surface area contributed by atoms with E-state index in [2.05, 4.69) is 64.7 Å². The van der Waals surface area contributed by atoms with Gasteiger partial charge in [0.05, 0.1) is 0 Å². The first-order valence-electron chi connectivity index (χ1n) is 15.2. The molecule has 0 radical (unpaired) electrons. The van der Waals surface area contributed by atoms with E-state index in [1.807, 2.05) is 24.1 Å². The maximum absolute atomic E-state index is 13.2. The molecule has 2 aromatic carbocycles. The number of hydrogen-bond donors (Lipinski definition) is 0. The Morgan fingerprint density at radius 3 is 1.35 bits per heavy atom. The molecule has 0 saturated heterocycles. The second-order valence-electron chi connectivity index (χ2n) is 11.0. The van der Waals surface area contributed by atoms with Crippen molar-refractivity contribution in [3.8, 4) is 0 Å². The van der Waals surface area contributed by atoms with Crippen molar-refractivity contribution < 1.29 is 4.79 Å². The lowest BCUT2D eigenvalue weighted by atomic mass is 9.87. The molecule has 2 aromatic rings. The van der Waals surface area contributed by atoms with Gasteiger partial charge in [-0.25, -0.2) is 0 Å². The van der Waals surface area contributed by atoms with Gasteiger partial charge in [-0.2, -0.15) is 0 Å². The van der Waals surface area contributed by atoms with Crippen LogP contribution in [-0.2, 0) is 9.95 Å². The fourth-order valence-corrected chi connectivity index (χ4v) is 5.80. The zero-order chi connectivity index (χ0) is 26.6. The molecule has 0 aromatic heterocycles. The summed E-state index contributed by atoms with van der Waals surface area (Å²) in [4.78, 5) is 15.1. The summed E-state index contributed by atoms with van der Waals surface area (Å²) in [6, 6.07) is 20.8. The lowest BCUT2D eigenvalue weighted by molar-refractivity contribution is -0.130. The third kappa shape index (κ3) is 12.6. The summed E-state index contributed by atoms with van der Waals surface area (Å²) in [5.74, 6) is 0.212. The Bertz CT molecular complexity index is 783. The van der Waals surface area contributed by atoms with Crippen molar-refractivity contribution >= 4 is 15.1 Å². The first kappa shape index (κ1) is 31.6. The zero-order valence-electron chi connectivity index (χ0n) is 23.9. The molecule has 0 saturated carbocycles. The van der Waals surface area contributed by atoms with E-state index in [1.165, 1.54) is 96.3 Å². The standard InChI is InChI=1S/C34H54NOP/c1-3-4-5-6-7-8-9-10-11-12-13-14-15-16-17-24-29-35(2)33(36)30-34(37,31-25-20-18-21-26-31)32-27-22-19-23-28-32/h18-23,25-28H,3-17,24,29-30,37H2,1-2H3. The highest BCUT2D eigenvalue weighted by molar-refractivity contribution is 7.19. The first-order valence-corrected chi connectivity index (χ1v) is 15.8. The van der Waals surface area contributed by atoms with E-state index in [1.54, 1.807) is 0 Å². The number of carbonyl (C=O) groups is 1. The molecular formula is C34H54NOP. The molecule has 0 spiro atoms. The van der Waals surface area contributed by atoms with Crippen LogP contribution in [-0.4, -0.2) is 24.4 Å². The number of hydrogen-bond acceptors (Lipinski definition) is 1. The van der Waals surface area contributed by atoms with Crippen LogP contribution in [0.25, 0.3) is 0 Å². The van der Waals surface area contributed by atoms with Gasteiger partial charge in [-0.3, -0.25) is 4.79 Å². The number of carbonyl (C=O) groups excluding carboxylic acids is 1. The average Bonchev–Trinajstić information content (AvgIpc) is 2.93. The van der Waals surface area contributed by atoms with Crippen LogP contribution < -0.4 is 0 Å². The monoisotopic (exact) mass is 523 g/mol. The minimum Gasteiger partial charge on any atom is -0.346 e. The maximum atomic E-state index is 13.2. The Kier molecular flexibility index (Phi) is 16.6. The van der Waals surface area contributed by atoms with E-state index in [4.69, 9.17) is 0 Å². The van der Waals surface area contributed by atoms with Crippen molar-refractivity contribution in [2.75, 3.05) is 13.6 Å². The summed E-state index contributed by atoms with van der Waals surface area (Å²) >= 11 is 0. The number of amides is 1. The van der Waals surface area contributed by atoms with Crippen LogP contribution in [0.3, 0.4) is 0 Å². The molecule has 0 aliphatic carbocycles. The van der Waals surface area contributed by atoms with Gasteiger partial charge in [-0.1, -0.05) is 164 Å². The Labute approximate surface area is 231 Å². The molecule has 0 aliphatic rings. The van der Waals surface area contributed by atoms with Crippen molar-refractivity contribution in [1.82, 2.24) is 4.90 Å². The van der Waals surface area contributed by atoms with Gasteiger partial charge >= 0.3 is 0 Å². The molecule has 37 heavy (non-hydrogen) atoms. The van der Waals surface area contributed by atoms with Crippen molar-refractivity contribution in [1.29, 1.82) is 0 Å². The lowest BCUT2D eigenvalue weighted by Gasteiger charge is -2.32. The molecule has 0 heterocycles. The number of benzene rings is 2. The molecule has 0 bridgehead atoms. The van der Waals surface area contributed by atoms with Gasteiger partial charge < -0.3 is 4.90 Å². The maximum Gasteiger partial charge on any atom is 0.223 e. The quantitative estimate of drug-likeness (QED) is 0.118. The number of unbranched alkanes of at least 4 members (excludes halogenated alkanes) is 15. The first-order chi connectivity index (χ1) is 18.1. The summed E-state index contributed by atoms with van der Waals surface area (Å²) < 4.78 is 0. The van der Waals surface area contributed by atoms with E-state index in [0.717, 1.165) is 24.1 Å². The summed E-state index contributed by atoms with van der Waals surface area (Å²) in [6.45, 7) is 3.14. The summed E-state index contributed by atoms with van der Waals surface area (Å²) in [7, 11) is 4.96. The molecule has 1 atom stereocenters. The van der Waals surface area contributed by atoms with Crippen LogP contribution in [0.4, 0.5) is 0 Å². The number of rotatable bonds is 21. The Morgan fingerprint density at radius 2 is 0.973 bits per heavy atom. The van der Waals surface area contributed by atoms with Gasteiger partial charge in [0.25, 0.3) is 0 Å². The fourth-order valence-electron chi connectivity index (χ4n) is 5.24. The van der Waals surface area contributed by atoms with Gasteiger partial charge in [-0.05, 0) is 17.5 Å². The van der Waals surface area contributed by atoms with Crippen molar-refractivity contribution in [2.45, 2.75) is 121 Å². The highest BCUT2D eigenvalue weighted by Gasteiger charge is 2.32. The second kappa shape index (κ2) is 19.4. The van der Waals surface area contributed by atoms with Gasteiger partial charge in [0.15, 0.2) is 0 Å². The topological polar surface area (TPSA) is 20.3 Å². The van der Waals surface area contributed by atoms with Gasteiger partial charge in [0, 0.05) is 25.2 Å². The average molecular weight is 524 g/mol. The SMILES string of the molecule is CCCCCCCCCCCCCCCCCCN(C)C(=O)CC(P)(c1ccccc1)c1ccccc1. The largest absolute Gasteiger partial charge is 0.346 e. The molecule has 206 valence electrons. The summed E-state index contributed by atoms with van der Waals surface area (Å²) in [5.41, 5.74) is 2.32. The zero-order valence-corrected chi connectivity index (χ0v) is 25.1. The third-order valence-corrected chi connectivity index (χ3v) is 8.65. The Balaban J connectivity index is 1.56. The molecule has 3 heteroatoms. The summed E-state index contributed by atoms with van der Waals surface area (Å²) in [6.07, 6.45) is 22.4. The van der Waals surface area contributed by atoms with E-state index in [0.29, 0.717) is 6.42 Å². The summed E-state index contributed by atoms with van der Waals surface area (Å²) in [5, 5.41) is -0.400. The Morgan fingerprint density at radius 1 is 0.622 bits per heavy atom. The fraction of sp³-hybridized carbons (Fsp3) is 0.618. The predicted octanol–water partition coefficient (Wildman–Crippen LogP) is 9.92. The molecule has 1 unspecified atom stereocenters. The van der Waals surface area contributed by atoms with E-state index < -0.39 is 5.16 Å². The van der Waals surface area contributed by atoms with Crippen LogP contribution in [0.1, 0.15) is 127 Å². The smallest absolute Gasteiger partial charge is 0.223 e. The van der Waals surface area contributed by atoms with Crippen molar-refractivity contribution in [3.63, 3.8) is 0 Å². The van der Waals surface area contributed by atoms with Crippen molar-refractivity contribution in [2.24, 2.45) is 0 Å². The lowest BCUT2D eigenvalue weighted by Crippen LogP contribution is -2.34. The van der Waals surface area contributed by atoms with Crippen LogP contribution in [0.15, 0.2) is 60.7 Å². The van der Waals surface area contributed by atoms with E-state index in [9.17, 15) is 4.79 Å². The van der Waals surface area contributed by atoms with Crippen LogP contribution in [0, 0.1) is 0 Å². The normalized spacial score (nSPS) is 11.5. The minimum atomic E-state index is -0.400. The van der Waals surface area contributed by atoms with Crippen molar-refractivity contribution in [3.05, 3.63) is 71.8 Å². The number of nitrogens with zero attached hydrogens (tertiary/aromatic N) is 1. The third-order valence-electron chi connectivity index (χ3n) is 7.78. The van der Waals surface area contributed by atoms with Crippen LogP contribution in [0.5, 0.6) is 0 Å². The second-order valence-corrected chi connectivity index (χ2v) is 12.0. The van der Waals surface area contributed by atoms with E-state index >= 15 is 0 Å². The molecule has 1 amide bonds. The molecule has 0 N–H and O–H groups in total. The highest BCUT2D eigenvalue weighted by atomic mass is 31.0. The van der Waals surface area contributed by atoms with Crippen LogP contribution in [0.2, 0.25) is 0 Å². The van der Waals surface area contributed by atoms with Gasteiger partial charge in [0.1, 0.15) is 0 Å². The predicted molar refractivity (Wildman–Crippen MR) is 165 cm³/mol. The molecule has 2 rings (SSSR count). The molecule has 0 fully saturated rings. The van der Waals surface area contributed by atoms with Gasteiger partial charge in [-0.15, -0.1) is 9.24 Å². The van der Waals surface area contributed by atoms with Crippen LogP contribution >= 0.6 is 9.24 Å². The van der Waals surface area contributed by atoms with Gasteiger partial charge in [0.2, 0.25) is 5.91 Å².